The molecule has 296 valence electrons. The number of carbonyl (C=O) groups is 6. The molecule has 3 fully saturated rings. The molecule has 15 heteroatoms. The molecule has 0 aliphatic carbocycles. The number of nitrogens with zero attached hydrogens (tertiary/aromatic N) is 3. The second kappa shape index (κ2) is 17.7. The molecule has 2 aromatic heterocycles. The van der Waals surface area contributed by atoms with Crippen LogP contribution in [0.1, 0.15) is 82.9 Å². The zero-order chi connectivity index (χ0) is 39.1. The highest BCUT2D eigenvalue weighted by atomic mass is 16.2. The van der Waals surface area contributed by atoms with Crippen molar-refractivity contribution >= 4 is 46.6 Å². The molecule has 15 nitrogen and oxygen atoms in total. The van der Waals surface area contributed by atoms with Crippen molar-refractivity contribution in [2.75, 3.05) is 19.6 Å². The smallest absolute Gasteiger partial charge is 0.243 e. The first kappa shape index (κ1) is 39.8. The van der Waals surface area contributed by atoms with E-state index in [4.69, 9.17) is 5.73 Å². The first-order chi connectivity index (χ1) is 26.6. The molecule has 4 amide bonds. The Labute approximate surface area is 321 Å². The standard InChI is InChI=1S/C40H55N9O6/c1-3-25(2)34(35(51)40(23-50)15-7-9-18-49(40)39(55)31-13-6-8-16-43-31)47-36(52)32(19-26-21-44-30-12-5-4-11-28(26)30)46-37(53)33-14-10-17-48(33)38(54)29(41)20-27-22-42-24-45-27/h4-5,11-12,21-25,29,31-34,43-44H,3,6-10,13-20,41H2,1-2H3,(H,42,45)(H,46,53)(H,47,52)/t25-,29-,31?,32+,33-,34-,40?/m0/s1. The SMILES string of the molecule is CC[C@H](C)[C@H](NC(=O)[C@@H](Cc1c[nH]c2ccccc12)NC(=O)[C@@H]1CCCN1C(=O)[C@@H](N)Cc1cnc[nH]1)C(=O)C1(C=O)CCCCN1C(=O)C1CCCCN1. The second-order valence-corrected chi connectivity index (χ2v) is 15.4. The molecule has 7 N–H and O–H groups in total. The molecule has 0 spiro atoms. The van der Waals surface area contributed by atoms with Crippen LogP contribution in [0.5, 0.6) is 0 Å². The number of benzene rings is 1. The number of aromatic nitrogens is 3. The van der Waals surface area contributed by atoms with Gasteiger partial charge < -0.3 is 46.2 Å². The quantitative estimate of drug-likeness (QED) is 0.0981. The Balaban J connectivity index is 1.26. The molecule has 6 rings (SSSR count). The maximum atomic E-state index is 14.8. The van der Waals surface area contributed by atoms with Gasteiger partial charge in [-0.15, -0.1) is 0 Å². The van der Waals surface area contributed by atoms with Gasteiger partial charge in [-0.3, -0.25) is 24.0 Å². The van der Waals surface area contributed by atoms with E-state index in [-0.39, 0.29) is 37.6 Å². The summed E-state index contributed by atoms with van der Waals surface area (Å²) in [5, 5.41) is 10.0. The molecular formula is C40H55N9O6. The summed E-state index contributed by atoms with van der Waals surface area (Å²) in [6.45, 7) is 5.03. The van der Waals surface area contributed by atoms with E-state index in [1.807, 2.05) is 38.1 Å². The van der Waals surface area contributed by atoms with Gasteiger partial charge in [-0.2, -0.15) is 0 Å². The van der Waals surface area contributed by atoms with Crippen molar-refractivity contribution in [1.82, 2.24) is 40.7 Å². The number of fused-ring (bicyclic) bond motifs is 1. The second-order valence-electron chi connectivity index (χ2n) is 15.4. The van der Waals surface area contributed by atoms with Gasteiger partial charge in [0.2, 0.25) is 23.6 Å². The highest BCUT2D eigenvalue weighted by Gasteiger charge is 2.52. The van der Waals surface area contributed by atoms with Crippen LogP contribution in [0.4, 0.5) is 0 Å². The minimum atomic E-state index is -1.73. The van der Waals surface area contributed by atoms with Crippen LogP contribution >= 0.6 is 0 Å². The first-order valence-corrected chi connectivity index (χ1v) is 19.8. The summed E-state index contributed by atoms with van der Waals surface area (Å²) in [6, 6.07) is 3.13. The summed E-state index contributed by atoms with van der Waals surface area (Å²) < 4.78 is 0. The van der Waals surface area contributed by atoms with Crippen molar-refractivity contribution in [2.45, 2.75) is 120 Å². The summed E-state index contributed by atoms with van der Waals surface area (Å²) >= 11 is 0. The predicted octanol–water partition coefficient (Wildman–Crippen LogP) is 1.67. The number of amides is 4. The number of aromatic amines is 2. The van der Waals surface area contributed by atoms with Crippen LogP contribution in [0.15, 0.2) is 43.0 Å². The van der Waals surface area contributed by atoms with E-state index >= 15 is 0 Å². The number of hydrogen-bond acceptors (Lipinski definition) is 9. The third kappa shape index (κ3) is 8.52. The lowest BCUT2D eigenvalue weighted by molar-refractivity contribution is -0.156. The Morgan fingerprint density at radius 3 is 2.56 bits per heavy atom. The van der Waals surface area contributed by atoms with Crippen LogP contribution in [-0.2, 0) is 41.6 Å². The van der Waals surface area contributed by atoms with Gasteiger partial charge in [0.15, 0.2) is 17.6 Å². The van der Waals surface area contributed by atoms with Crippen LogP contribution < -0.4 is 21.7 Å². The number of para-hydroxylation sites is 1. The van der Waals surface area contributed by atoms with Crippen molar-refractivity contribution in [1.29, 1.82) is 0 Å². The Kier molecular flexibility index (Phi) is 12.8. The molecule has 7 atom stereocenters. The Hall–Kier alpha value is -4.89. The van der Waals surface area contributed by atoms with Crippen LogP contribution in [0.3, 0.4) is 0 Å². The molecule has 55 heavy (non-hydrogen) atoms. The first-order valence-electron chi connectivity index (χ1n) is 19.8. The number of rotatable bonds is 15. The fraction of sp³-hybridized carbons (Fsp3) is 0.575. The van der Waals surface area contributed by atoms with Crippen molar-refractivity contribution in [3.05, 3.63) is 54.2 Å². The maximum absolute atomic E-state index is 14.8. The van der Waals surface area contributed by atoms with Gasteiger partial charge in [-0.25, -0.2) is 4.98 Å². The van der Waals surface area contributed by atoms with E-state index in [1.165, 1.54) is 16.1 Å². The number of ketones is 1. The normalized spacial score (nSPS) is 23.8. The molecule has 0 saturated carbocycles. The topological polar surface area (TPSA) is 215 Å². The molecule has 3 aromatic rings. The summed E-state index contributed by atoms with van der Waals surface area (Å²) in [5.74, 6) is -2.67. The number of nitrogens with two attached hydrogens (primary N) is 1. The lowest BCUT2D eigenvalue weighted by atomic mass is 9.77. The molecule has 5 heterocycles. The number of hydrogen-bond donors (Lipinski definition) is 6. The number of piperidine rings is 2. The Morgan fingerprint density at radius 2 is 1.84 bits per heavy atom. The third-order valence-electron chi connectivity index (χ3n) is 11.8. The van der Waals surface area contributed by atoms with E-state index in [2.05, 4.69) is 30.9 Å². The fourth-order valence-corrected chi connectivity index (χ4v) is 8.45. The van der Waals surface area contributed by atoms with E-state index < -0.39 is 59.3 Å². The van der Waals surface area contributed by atoms with Crippen molar-refractivity contribution in [3.8, 4) is 0 Å². The molecule has 0 bridgehead atoms. The van der Waals surface area contributed by atoms with Gasteiger partial charge >= 0.3 is 0 Å². The van der Waals surface area contributed by atoms with E-state index in [0.717, 1.165) is 29.3 Å². The summed E-state index contributed by atoms with van der Waals surface area (Å²) in [7, 11) is 0. The zero-order valence-corrected chi connectivity index (χ0v) is 31.9. The van der Waals surface area contributed by atoms with Gasteiger partial charge in [0, 0.05) is 54.9 Å². The third-order valence-corrected chi connectivity index (χ3v) is 11.8. The van der Waals surface area contributed by atoms with E-state index in [9.17, 15) is 28.8 Å². The average Bonchev–Trinajstić information content (AvgIpc) is 4.01. The van der Waals surface area contributed by atoms with Gasteiger partial charge in [-0.05, 0) is 69.0 Å². The Morgan fingerprint density at radius 1 is 1.02 bits per heavy atom. The summed E-state index contributed by atoms with van der Waals surface area (Å²) in [6.07, 6.45) is 11.2. The highest BCUT2D eigenvalue weighted by Crippen LogP contribution is 2.32. The number of nitrogens with one attached hydrogen (secondary N) is 5. The monoisotopic (exact) mass is 757 g/mol. The minimum Gasteiger partial charge on any atom is -0.361 e. The zero-order valence-electron chi connectivity index (χ0n) is 31.9. The number of carbonyl (C=O) groups excluding carboxylic acids is 6. The van der Waals surface area contributed by atoms with Crippen LogP contribution in [0.2, 0.25) is 0 Å². The van der Waals surface area contributed by atoms with Crippen molar-refractivity contribution in [2.24, 2.45) is 11.7 Å². The molecule has 3 saturated heterocycles. The fourth-order valence-electron chi connectivity index (χ4n) is 8.45. The van der Waals surface area contributed by atoms with Crippen molar-refractivity contribution in [3.63, 3.8) is 0 Å². The highest BCUT2D eigenvalue weighted by molar-refractivity contribution is 6.10. The van der Waals surface area contributed by atoms with Gasteiger partial charge in [-0.1, -0.05) is 44.9 Å². The van der Waals surface area contributed by atoms with E-state index in [1.54, 1.807) is 12.4 Å². The lowest BCUT2D eigenvalue weighted by Gasteiger charge is -2.46. The average molecular weight is 758 g/mol. The minimum absolute atomic E-state index is 0.0831. The van der Waals surface area contributed by atoms with E-state index in [0.29, 0.717) is 63.6 Å². The van der Waals surface area contributed by atoms with Crippen LogP contribution in [0.25, 0.3) is 10.9 Å². The van der Waals surface area contributed by atoms with Gasteiger partial charge in [0.25, 0.3) is 0 Å². The molecule has 3 aliphatic rings. The largest absolute Gasteiger partial charge is 0.361 e. The molecule has 3 aliphatic heterocycles. The summed E-state index contributed by atoms with van der Waals surface area (Å²) in [5.41, 5.74) is 6.90. The number of aldehydes is 1. The predicted molar refractivity (Wildman–Crippen MR) is 205 cm³/mol. The van der Waals surface area contributed by atoms with Crippen LogP contribution in [0, 0.1) is 5.92 Å². The summed E-state index contributed by atoms with van der Waals surface area (Å²) in [4.78, 5) is 97.2. The van der Waals surface area contributed by atoms with Crippen LogP contribution in [-0.4, -0.2) is 116 Å². The van der Waals surface area contributed by atoms with Gasteiger partial charge in [0.1, 0.15) is 12.1 Å². The molecular weight excluding hydrogens is 702 g/mol. The number of H-pyrrole nitrogens is 2. The van der Waals surface area contributed by atoms with Gasteiger partial charge in [0.05, 0.1) is 24.5 Å². The number of likely N-dealkylation sites (tertiary alicyclic amines) is 2. The molecule has 1 aromatic carbocycles. The molecule has 0 radical (unpaired) electrons. The maximum Gasteiger partial charge on any atom is 0.243 e. The molecule has 2 unspecified atom stereocenters. The number of imidazole rings is 1. The lowest BCUT2D eigenvalue weighted by Crippen LogP contribution is -2.68. The Bertz CT molecular complexity index is 1840. The van der Waals surface area contributed by atoms with Crippen molar-refractivity contribution < 1.29 is 28.8 Å². The number of Topliss-reactive ketones (excluding diaryl/α,β-unsaturated/α-hetero) is 1.